The molecule has 6 heteroatoms. The standard InChI is InChI=1S/C64H38O6/c65-62-50-19-7-10-22-56(50)68-59-32-28-38(25-29-53(59)62)44-13-1-4-16-47(44)41-33-42(48-17-5-2-14-45(48)39-26-30-54-60(36-39)69-57-23-11-8-20-51(57)63(54)66)35-43(34-41)49-18-6-3-15-46(49)40-27-31-55-61(37-40)70-58-24-12-9-21-52(58)64(55)67/h1-31,33-37H,32H2. The molecule has 6 nitrogen and oxygen atoms in total. The summed E-state index contributed by atoms with van der Waals surface area (Å²) >= 11 is 0. The number of para-hydroxylation sites is 3. The van der Waals surface area contributed by atoms with Gasteiger partial charge in [-0.3, -0.25) is 14.4 Å². The highest BCUT2D eigenvalue weighted by Crippen LogP contribution is 2.43. The Hall–Kier alpha value is -9.39. The topological polar surface area (TPSA) is 90.6 Å². The van der Waals surface area contributed by atoms with Crippen LogP contribution in [0.1, 0.15) is 16.9 Å². The summed E-state index contributed by atoms with van der Waals surface area (Å²) in [6, 6.07) is 65.4. The summed E-state index contributed by atoms with van der Waals surface area (Å²) in [4.78, 5) is 41.0. The van der Waals surface area contributed by atoms with Crippen LogP contribution in [0.2, 0.25) is 0 Å². The van der Waals surface area contributed by atoms with Crippen molar-refractivity contribution in [2.24, 2.45) is 0 Å². The molecule has 0 spiro atoms. The van der Waals surface area contributed by atoms with Crippen LogP contribution in [0.4, 0.5) is 0 Å². The molecule has 0 aliphatic heterocycles. The molecule has 70 heavy (non-hydrogen) atoms. The normalized spacial score (nSPS) is 12.4. The summed E-state index contributed by atoms with van der Waals surface area (Å²) < 4.78 is 19.1. The molecular formula is C64H38O6. The maximum atomic E-state index is 13.8. The highest BCUT2D eigenvalue weighted by atomic mass is 16.3. The summed E-state index contributed by atoms with van der Waals surface area (Å²) in [6.45, 7) is 0. The fourth-order valence-corrected chi connectivity index (χ4v) is 10.2. The molecule has 9 aromatic carbocycles. The average Bonchev–Trinajstić information content (AvgIpc) is 3.63. The second-order valence-electron chi connectivity index (χ2n) is 17.7. The van der Waals surface area contributed by atoms with E-state index in [-0.39, 0.29) is 16.3 Å². The minimum atomic E-state index is -0.0629. The van der Waals surface area contributed by atoms with Crippen molar-refractivity contribution in [3.8, 4) is 55.6 Å². The van der Waals surface area contributed by atoms with Gasteiger partial charge in [0.25, 0.3) is 0 Å². The molecule has 0 radical (unpaired) electrons. The van der Waals surface area contributed by atoms with Crippen LogP contribution < -0.4 is 16.3 Å². The molecule has 0 saturated heterocycles. The first-order valence-electron chi connectivity index (χ1n) is 23.2. The molecule has 3 heterocycles. The van der Waals surface area contributed by atoms with Crippen LogP contribution in [-0.2, 0) is 6.42 Å². The van der Waals surface area contributed by atoms with Crippen LogP contribution in [0, 0.1) is 0 Å². The Balaban J connectivity index is 1.00. The summed E-state index contributed by atoms with van der Waals surface area (Å²) in [6.07, 6.45) is 6.49. The van der Waals surface area contributed by atoms with Gasteiger partial charge >= 0.3 is 0 Å². The van der Waals surface area contributed by atoms with E-state index < -0.39 is 0 Å². The van der Waals surface area contributed by atoms with E-state index in [4.69, 9.17) is 13.3 Å². The van der Waals surface area contributed by atoms with Crippen LogP contribution >= 0.6 is 0 Å². The van der Waals surface area contributed by atoms with Gasteiger partial charge in [0.2, 0.25) is 10.9 Å². The maximum absolute atomic E-state index is 13.8. The van der Waals surface area contributed by atoms with Gasteiger partial charge in [0.1, 0.15) is 33.7 Å². The van der Waals surface area contributed by atoms with E-state index in [9.17, 15) is 14.4 Å². The largest absolute Gasteiger partial charge is 0.460 e. The Morgan fingerprint density at radius 2 is 0.671 bits per heavy atom. The number of allylic oxidation sites excluding steroid dienone is 3. The maximum Gasteiger partial charge on any atom is 0.200 e. The van der Waals surface area contributed by atoms with Gasteiger partial charge in [-0.05, 0) is 152 Å². The SMILES string of the molecule is O=c1c2c(oc3ccccc13)CC=C(c1ccccc1-c1cc(-c3ccccc3-c3ccc4c(=O)c5ccccc5oc4c3)cc(-c3ccccc3-c3ccc4c(=O)c5ccccc5oc4c3)c1)C=C2. The van der Waals surface area contributed by atoms with Gasteiger partial charge in [0.15, 0.2) is 5.43 Å². The van der Waals surface area contributed by atoms with Crippen molar-refractivity contribution in [1.82, 2.24) is 0 Å². The fraction of sp³-hybridized carbons (Fsp3) is 0.0156. The molecular weight excluding hydrogens is 865 g/mol. The smallest absolute Gasteiger partial charge is 0.200 e. The van der Waals surface area contributed by atoms with E-state index in [1.165, 1.54) is 0 Å². The molecule has 3 aromatic heterocycles. The predicted molar refractivity (Wildman–Crippen MR) is 284 cm³/mol. The average molecular weight is 903 g/mol. The molecule has 1 aliphatic rings. The number of benzene rings is 9. The van der Waals surface area contributed by atoms with Crippen molar-refractivity contribution < 1.29 is 13.3 Å². The third-order valence-electron chi connectivity index (χ3n) is 13.6. The van der Waals surface area contributed by atoms with Crippen molar-refractivity contribution in [3.05, 3.63) is 260 Å². The van der Waals surface area contributed by atoms with Crippen LogP contribution in [0.5, 0.6) is 0 Å². The van der Waals surface area contributed by atoms with Gasteiger partial charge in [0.05, 0.1) is 32.5 Å². The van der Waals surface area contributed by atoms with Gasteiger partial charge in [-0.15, -0.1) is 0 Å². The third kappa shape index (κ3) is 6.84. The van der Waals surface area contributed by atoms with E-state index in [2.05, 4.69) is 66.7 Å². The Morgan fingerprint density at radius 1 is 0.300 bits per heavy atom. The fourth-order valence-electron chi connectivity index (χ4n) is 10.2. The molecule has 0 atom stereocenters. The molecule has 330 valence electrons. The molecule has 12 aromatic rings. The van der Waals surface area contributed by atoms with E-state index in [1.807, 2.05) is 140 Å². The summed E-state index contributed by atoms with van der Waals surface area (Å²) in [5.74, 6) is 0.632. The molecule has 0 saturated carbocycles. The molecule has 0 unspecified atom stereocenters. The molecule has 0 N–H and O–H groups in total. The van der Waals surface area contributed by atoms with Gasteiger partial charge in [-0.1, -0.05) is 133 Å². The zero-order valence-corrected chi connectivity index (χ0v) is 37.4. The Kier molecular flexibility index (Phi) is 9.59. The quantitative estimate of drug-likeness (QED) is 0.154. The van der Waals surface area contributed by atoms with Gasteiger partial charge < -0.3 is 13.3 Å². The molecule has 13 rings (SSSR count). The first-order chi connectivity index (χ1) is 34.4. The predicted octanol–water partition coefficient (Wildman–Crippen LogP) is 15.3. The van der Waals surface area contributed by atoms with Crippen LogP contribution in [0.15, 0.2) is 240 Å². The number of hydrogen-bond acceptors (Lipinski definition) is 6. The van der Waals surface area contributed by atoms with Crippen LogP contribution in [-0.4, -0.2) is 0 Å². The lowest BCUT2D eigenvalue weighted by atomic mass is 9.86. The zero-order chi connectivity index (χ0) is 46.9. The minimum Gasteiger partial charge on any atom is -0.460 e. The van der Waals surface area contributed by atoms with Gasteiger partial charge in [0, 0.05) is 6.42 Å². The minimum absolute atomic E-state index is 0.0467. The number of hydrogen-bond donors (Lipinski definition) is 0. The summed E-state index contributed by atoms with van der Waals surface area (Å²) in [7, 11) is 0. The Labute approximate surface area is 400 Å². The van der Waals surface area contributed by atoms with E-state index >= 15 is 0 Å². The third-order valence-corrected chi connectivity index (χ3v) is 13.6. The zero-order valence-electron chi connectivity index (χ0n) is 37.4. The van der Waals surface area contributed by atoms with Crippen molar-refractivity contribution in [2.75, 3.05) is 0 Å². The Bertz CT molecular complexity index is 4220. The molecule has 0 amide bonds. The van der Waals surface area contributed by atoms with E-state index in [0.29, 0.717) is 72.6 Å². The summed E-state index contributed by atoms with van der Waals surface area (Å²) in [5, 5.41) is 2.71. The van der Waals surface area contributed by atoms with Crippen LogP contribution in [0.3, 0.4) is 0 Å². The van der Waals surface area contributed by atoms with Gasteiger partial charge in [-0.25, -0.2) is 0 Å². The lowest BCUT2D eigenvalue weighted by Gasteiger charge is -2.18. The lowest BCUT2D eigenvalue weighted by molar-refractivity contribution is 0.550. The molecule has 0 fully saturated rings. The molecule has 0 bridgehead atoms. The second kappa shape index (κ2) is 16.4. The highest BCUT2D eigenvalue weighted by molar-refractivity contribution is 5.99. The van der Waals surface area contributed by atoms with E-state index in [0.717, 1.165) is 66.8 Å². The van der Waals surface area contributed by atoms with Crippen LogP contribution in [0.25, 0.3) is 122 Å². The first-order valence-corrected chi connectivity index (χ1v) is 23.2. The number of rotatable bonds is 6. The van der Waals surface area contributed by atoms with Crippen molar-refractivity contribution >= 4 is 66.5 Å². The monoisotopic (exact) mass is 902 g/mol. The Morgan fingerprint density at radius 3 is 1.16 bits per heavy atom. The number of fused-ring (bicyclic) bond motifs is 6. The summed E-state index contributed by atoms with van der Waals surface area (Å²) in [5.41, 5.74) is 14.7. The van der Waals surface area contributed by atoms with E-state index in [1.54, 1.807) is 12.1 Å². The van der Waals surface area contributed by atoms with Gasteiger partial charge in [-0.2, -0.15) is 0 Å². The second-order valence-corrected chi connectivity index (χ2v) is 17.7. The van der Waals surface area contributed by atoms with Crippen molar-refractivity contribution in [2.45, 2.75) is 6.42 Å². The molecule has 1 aliphatic carbocycles. The van der Waals surface area contributed by atoms with Crippen molar-refractivity contribution in [3.63, 3.8) is 0 Å². The highest BCUT2D eigenvalue weighted by Gasteiger charge is 2.20. The lowest BCUT2D eigenvalue weighted by Crippen LogP contribution is -2.08. The van der Waals surface area contributed by atoms with Crippen molar-refractivity contribution in [1.29, 1.82) is 0 Å². The first kappa shape index (κ1) is 40.8.